The van der Waals surface area contributed by atoms with Crippen LogP contribution in [0.25, 0.3) is 0 Å². The van der Waals surface area contributed by atoms with Gasteiger partial charge in [-0.3, -0.25) is 19.7 Å². The van der Waals surface area contributed by atoms with Crippen LogP contribution in [0.5, 0.6) is 5.88 Å². The number of nitrogens with one attached hydrogen (secondary N) is 1. The molecule has 0 aliphatic carbocycles. The number of benzene rings is 1. The summed E-state index contributed by atoms with van der Waals surface area (Å²) >= 11 is 0. The molecule has 9 nitrogen and oxygen atoms in total. The van der Waals surface area contributed by atoms with Gasteiger partial charge in [0.2, 0.25) is 17.7 Å². The number of nitrogens with zero attached hydrogens (tertiary/aromatic N) is 3. The number of amides is 2. The molecule has 1 aromatic carbocycles. The molecule has 0 aliphatic heterocycles. The summed E-state index contributed by atoms with van der Waals surface area (Å²) in [6, 6.07) is 7.26. The van der Waals surface area contributed by atoms with E-state index in [0.29, 0.717) is 5.69 Å². The molecule has 2 amide bonds. The quantitative estimate of drug-likeness (QED) is 0.714. The number of hydrogen-bond acceptors (Lipinski definition) is 6. The van der Waals surface area contributed by atoms with Gasteiger partial charge in [-0.25, -0.2) is 4.98 Å². The molecule has 2 rings (SSSR count). The normalized spacial score (nSPS) is 10.2. The zero-order chi connectivity index (χ0) is 19.3. The van der Waals surface area contributed by atoms with E-state index < -0.39 is 23.7 Å². The molecule has 0 atom stereocenters. The largest absolute Gasteiger partial charge is 0.493 e. The fourth-order valence-corrected chi connectivity index (χ4v) is 2.13. The third kappa shape index (κ3) is 4.76. The van der Waals surface area contributed by atoms with Crippen LogP contribution in [0.1, 0.15) is 28.8 Å². The Morgan fingerprint density at radius 1 is 1.23 bits per heavy atom. The maximum Gasteiger partial charge on any atom is 0.303 e. The summed E-state index contributed by atoms with van der Waals surface area (Å²) in [5, 5.41) is 20.8. The van der Waals surface area contributed by atoms with Gasteiger partial charge in [0, 0.05) is 25.4 Å². The van der Waals surface area contributed by atoms with Crippen LogP contribution in [-0.2, 0) is 9.59 Å². The summed E-state index contributed by atoms with van der Waals surface area (Å²) in [6.45, 7) is 1.89. The molecule has 136 valence electrons. The summed E-state index contributed by atoms with van der Waals surface area (Å²) in [5.41, 5.74) is 1.49. The topological polar surface area (TPSA) is 133 Å². The summed E-state index contributed by atoms with van der Waals surface area (Å²) in [5.74, 6) is -3.03. The summed E-state index contributed by atoms with van der Waals surface area (Å²) in [6.07, 6.45) is 0.510. The van der Waals surface area contributed by atoms with Crippen molar-refractivity contribution in [1.29, 1.82) is 0 Å². The van der Waals surface area contributed by atoms with Crippen LogP contribution in [0.4, 0.5) is 11.6 Å². The molecule has 0 saturated heterocycles. The lowest BCUT2D eigenvalue weighted by atomic mass is 10.2. The van der Waals surface area contributed by atoms with E-state index in [0.717, 1.165) is 11.8 Å². The molecule has 26 heavy (non-hydrogen) atoms. The number of aromatic nitrogens is 2. The van der Waals surface area contributed by atoms with Gasteiger partial charge in [-0.05, 0) is 24.6 Å². The average Bonchev–Trinajstić information content (AvgIpc) is 2.59. The number of anilines is 2. The Morgan fingerprint density at radius 3 is 2.58 bits per heavy atom. The van der Waals surface area contributed by atoms with Crippen LogP contribution >= 0.6 is 0 Å². The second-order valence-corrected chi connectivity index (χ2v) is 5.58. The van der Waals surface area contributed by atoms with Gasteiger partial charge in [0.25, 0.3) is 5.91 Å². The van der Waals surface area contributed by atoms with E-state index in [4.69, 9.17) is 5.11 Å². The van der Waals surface area contributed by atoms with Gasteiger partial charge >= 0.3 is 5.97 Å². The van der Waals surface area contributed by atoms with Crippen LogP contribution < -0.4 is 10.2 Å². The zero-order valence-corrected chi connectivity index (χ0v) is 14.3. The lowest BCUT2D eigenvalue weighted by Gasteiger charge is -2.18. The highest BCUT2D eigenvalue weighted by Gasteiger charge is 2.20. The minimum atomic E-state index is -1.11. The van der Waals surface area contributed by atoms with Crippen molar-refractivity contribution in [2.24, 2.45) is 0 Å². The van der Waals surface area contributed by atoms with Crippen LogP contribution in [0.15, 0.2) is 30.5 Å². The van der Waals surface area contributed by atoms with Crippen molar-refractivity contribution in [3.63, 3.8) is 0 Å². The Balaban J connectivity index is 2.12. The Morgan fingerprint density at radius 2 is 1.96 bits per heavy atom. The molecule has 2 aromatic rings. The van der Waals surface area contributed by atoms with Gasteiger partial charge in [0.05, 0.1) is 6.42 Å². The van der Waals surface area contributed by atoms with Crippen LogP contribution in [0.3, 0.4) is 0 Å². The predicted octanol–water partition coefficient (Wildman–Crippen LogP) is 1.57. The number of aromatic hydroxyl groups is 1. The Hall–Kier alpha value is -3.49. The molecule has 0 spiro atoms. The number of aliphatic carboxylic acids is 1. The lowest BCUT2D eigenvalue weighted by Crippen LogP contribution is -2.27. The molecule has 0 unspecified atom stereocenters. The van der Waals surface area contributed by atoms with E-state index in [1.807, 2.05) is 19.1 Å². The van der Waals surface area contributed by atoms with Crippen molar-refractivity contribution in [3.8, 4) is 5.88 Å². The van der Waals surface area contributed by atoms with Gasteiger partial charge in [-0.15, -0.1) is 0 Å². The number of hydrogen-bond donors (Lipinski definition) is 3. The number of carbonyl (C=O) groups is 3. The van der Waals surface area contributed by atoms with E-state index >= 15 is 0 Å². The number of carboxylic acid groups (broad SMARTS) is 1. The molecule has 1 aromatic heterocycles. The third-order valence-corrected chi connectivity index (χ3v) is 3.51. The lowest BCUT2D eigenvalue weighted by molar-refractivity contribution is -0.138. The first-order valence-electron chi connectivity index (χ1n) is 7.70. The zero-order valence-electron chi connectivity index (χ0n) is 14.3. The molecule has 0 bridgehead atoms. The fraction of sp³-hybridized carbons (Fsp3) is 0.235. The molecule has 0 radical (unpaired) electrons. The summed E-state index contributed by atoms with van der Waals surface area (Å²) < 4.78 is 0. The highest BCUT2D eigenvalue weighted by molar-refractivity contribution is 6.07. The average molecular weight is 358 g/mol. The Labute approximate surface area is 149 Å². The standard InChI is InChI=1S/C17H18N4O5/c1-10-4-3-5-11(8-10)21(2)16(26)12-9-18-17(20-15(12)25)19-13(22)6-7-14(23)24/h3-5,8-9H,6-7H2,1-2H3,(H,23,24)(H2,18,19,20,22,25). The van der Waals surface area contributed by atoms with E-state index in [9.17, 15) is 19.5 Å². The van der Waals surface area contributed by atoms with Gasteiger partial charge in [0.1, 0.15) is 5.56 Å². The minimum absolute atomic E-state index is 0.127. The number of aryl methyl sites for hydroxylation is 1. The second-order valence-electron chi connectivity index (χ2n) is 5.58. The van der Waals surface area contributed by atoms with Crippen molar-refractivity contribution >= 4 is 29.4 Å². The Kier molecular flexibility index (Phi) is 5.84. The SMILES string of the molecule is Cc1cccc(N(C)C(=O)c2cnc(NC(=O)CCC(=O)O)nc2O)c1. The van der Waals surface area contributed by atoms with Gasteiger partial charge in [0.15, 0.2) is 0 Å². The van der Waals surface area contributed by atoms with Crippen LogP contribution in [0, 0.1) is 6.92 Å². The molecule has 0 fully saturated rings. The highest BCUT2D eigenvalue weighted by atomic mass is 16.4. The second kappa shape index (κ2) is 8.06. The summed E-state index contributed by atoms with van der Waals surface area (Å²) in [7, 11) is 1.55. The predicted molar refractivity (Wildman–Crippen MR) is 93.1 cm³/mol. The summed E-state index contributed by atoms with van der Waals surface area (Å²) in [4.78, 5) is 43.4. The molecule has 1 heterocycles. The first-order valence-corrected chi connectivity index (χ1v) is 7.70. The van der Waals surface area contributed by atoms with Crippen molar-refractivity contribution in [1.82, 2.24) is 9.97 Å². The van der Waals surface area contributed by atoms with Crippen molar-refractivity contribution in [3.05, 3.63) is 41.6 Å². The highest BCUT2D eigenvalue weighted by Crippen LogP contribution is 2.21. The monoisotopic (exact) mass is 358 g/mol. The van der Waals surface area contributed by atoms with Crippen molar-refractivity contribution < 1.29 is 24.6 Å². The van der Waals surface area contributed by atoms with E-state index in [-0.39, 0.29) is 24.4 Å². The number of rotatable bonds is 6. The number of carboxylic acids is 1. The van der Waals surface area contributed by atoms with Crippen LogP contribution in [-0.4, -0.2) is 45.0 Å². The third-order valence-electron chi connectivity index (χ3n) is 3.51. The maximum absolute atomic E-state index is 12.5. The Bertz CT molecular complexity index is 853. The minimum Gasteiger partial charge on any atom is -0.493 e. The molecule has 9 heteroatoms. The van der Waals surface area contributed by atoms with Gasteiger partial charge in [-0.2, -0.15) is 4.98 Å². The van der Waals surface area contributed by atoms with Crippen molar-refractivity contribution in [2.75, 3.05) is 17.3 Å². The first-order chi connectivity index (χ1) is 12.3. The smallest absolute Gasteiger partial charge is 0.303 e. The molecule has 0 saturated carbocycles. The van der Waals surface area contributed by atoms with E-state index in [1.165, 1.54) is 4.90 Å². The van der Waals surface area contributed by atoms with E-state index in [1.54, 1.807) is 19.2 Å². The molecular weight excluding hydrogens is 340 g/mol. The van der Waals surface area contributed by atoms with Crippen molar-refractivity contribution in [2.45, 2.75) is 19.8 Å². The molecule has 3 N–H and O–H groups in total. The van der Waals surface area contributed by atoms with Crippen LogP contribution in [0.2, 0.25) is 0 Å². The fourth-order valence-electron chi connectivity index (χ4n) is 2.13. The van der Waals surface area contributed by atoms with Gasteiger partial charge < -0.3 is 15.1 Å². The van der Waals surface area contributed by atoms with E-state index in [2.05, 4.69) is 15.3 Å². The maximum atomic E-state index is 12.5. The first kappa shape index (κ1) is 18.8. The molecule has 0 aliphatic rings. The number of carbonyl (C=O) groups excluding carboxylic acids is 2. The molecular formula is C17H18N4O5. The van der Waals surface area contributed by atoms with Gasteiger partial charge in [-0.1, -0.05) is 12.1 Å².